The number of allylic oxidation sites excluding steroid dienone is 1. The molecule has 1 aliphatic heterocycles. The first-order valence-electron chi connectivity index (χ1n) is 9.72. The van der Waals surface area contributed by atoms with Crippen LogP contribution in [0, 0.1) is 5.92 Å². The smallest absolute Gasteiger partial charge is 0.410 e. The van der Waals surface area contributed by atoms with Crippen LogP contribution in [0.4, 0.5) is 4.79 Å². The molecule has 5 nitrogen and oxygen atoms in total. The van der Waals surface area contributed by atoms with Crippen molar-refractivity contribution in [3.05, 3.63) is 77.8 Å². The van der Waals surface area contributed by atoms with Gasteiger partial charge in [0.05, 0.1) is 11.7 Å². The minimum atomic E-state index is -0.273. The Bertz CT molecular complexity index is 994. The summed E-state index contributed by atoms with van der Waals surface area (Å²) in [6.45, 7) is 5.14. The van der Waals surface area contributed by atoms with Crippen molar-refractivity contribution in [3.8, 4) is 0 Å². The summed E-state index contributed by atoms with van der Waals surface area (Å²) in [7, 11) is 0. The molecule has 28 heavy (non-hydrogen) atoms. The van der Waals surface area contributed by atoms with E-state index in [1.54, 1.807) is 0 Å². The van der Waals surface area contributed by atoms with Gasteiger partial charge in [-0.25, -0.2) is 9.78 Å². The summed E-state index contributed by atoms with van der Waals surface area (Å²) in [4.78, 5) is 19.4. The number of aromatic nitrogens is 2. The van der Waals surface area contributed by atoms with Crippen LogP contribution in [0.1, 0.15) is 43.1 Å². The van der Waals surface area contributed by atoms with E-state index < -0.39 is 0 Å². The van der Waals surface area contributed by atoms with Gasteiger partial charge < -0.3 is 9.14 Å². The maximum Gasteiger partial charge on any atom is 0.410 e. The van der Waals surface area contributed by atoms with Crippen molar-refractivity contribution >= 4 is 17.8 Å². The summed E-state index contributed by atoms with van der Waals surface area (Å²) in [5.41, 5.74) is 3.92. The van der Waals surface area contributed by atoms with Gasteiger partial charge in [0.1, 0.15) is 12.3 Å². The normalized spacial score (nSPS) is 19.6. The first-order chi connectivity index (χ1) is 13.6. The zero-order valence-corrected chi connectivity index (χ0v) is 16.3. The molecule has 0 saturated carbocycles. The highest BCUT2D eigenvalue weighted by Crippen LogP contribution is 2.35. The molecule has 5 heteroatoms. The highest BCUT2D eigenvalue weighted by atomic mass is 16.6. The number of imidazole rings is 1. The molecule has 1 aromatic carbocycles. The second kappa shape index (κ2) is 7.89. The largest absolute Gasteiger partial charge is 0.445 e. The minimum absolute atomic E-state index is 0.0525. The topological polar surface area (TPSA) is 46.8 Å². The van der Waals surface area contributed by atoms with E-state index in [9.17, 15) is 4.79 Å². The second-order valence-electron chi connectivity index (χ2n) is 7.44. The van der Waals surface area contributed by atoms with Crippen molar-refractivity contribution in [2.75, 3.05) is 6.54 Å². The van der Waals surface area contributed by atoms with Crippen molar-refractivity contribution in [1.82, 2.24) is 14.3 Å². The molecule has 3 aromatic rings. The number of amides is 1. The molecule has 2 atom stereocenters. The standard InChI is InChI=1S/C23H25N3O2/c1-3-7-18-10-11-22-24-20(15-25(22)14-18)21-12-17(2)13-26(21)23(27)28-16-19-8-5-4-6-9-19/h3-11,14-15,17,21H,12-13,16H2,1-2H3/b7-3+/t17-,21+/m0/s1. The molecule has 0 unspecified atom stereocenters. The molecule has 1 saturated heterocycles. The van der Waals surface area contributed by atoms with Crippen molar-refractivity contribution in [2.45, 2.75) is 32.9 Å². The number of carbonyl (C=O) groups excluding carboxylic acids is 1. The number of hydrogen-bond acceptors (Lipinski definition) is 3. The number of carbonyl (C=O) groups is 1. The summed E-state index contributed by atoms with van der Waals surface area (Å²) in [6.07, 6.45) is 8.79. The third-order valence-corrected chi connectivity index (χ3v) is 5.14. The van der Waals surface area contributed by atoms with Crippen LogP contribution in [0.15, 0.2) is 60.9 Å². The third-order valence-electron chi connectivity index (χ3n) is 5.14. The lowest BCUT2D eigenvalue weighted by atomic mass is 10.1. The molecule has 0 radical (unpaired) electrons. The lowest BCUT2D eigenvalue weighted by Crippen LogP contribution is -2.31. The zero-order valence-electron chi connectivity index (χ0n) is 16.3. The van der Waals surface area contributed by atoms with Gasteiger partial charge in [-0.2, -0.15) is 0 Å². The molecule has 0 spiro atoms. The number of nitrogens with zero attached hydrogens (tertiary/aromatic N) is 3. The summed E-state index contributed by atoms with van der Waals surface area (Å²) in [6, 6.07) is 13.8. The summed E-state index contributed by atoms with van der Waals surface area (Å²) < 4.78 is 7.61. The van der Waals surface area contributed by atoms with Crippen LogP contribution in [0.3, 0.4) is 0 Å². The predicted octanol–water partition coefficient (Wildman–Crippen LogP) is 5.09. The Morgan fingerprint density at radius 3 is 2.82 bits per heavy atom. The van der Waals surface area contributed by atoms with Gasteiger partial charge in [-0.05, 0) is 42.5 Å². The average Bonchev–Trinajstić information content (AvgIpc) is 3.30. The molecule has 1 fully saturated rings. The van der Waals surface area contributed by atoms with Crippen LogP contribution < -0.4 is 0 Å². The SMILES string of the molecule is C/C=C/c1ccc2nc([C@H]3C[C@H](C)CN3C(=O)OCc3ccccc3)cn2c1. The van der Waals surface area contributed by atoms with E-state index in [-0.39, 0.29) is 18.7 Å². The third kappa shape index (κ3) is 3.79. The van der Waals surface area contributed by atoms with Crippen LogP contribution in [0.25, 0.3) is 11.7 Å². The monoisotopic (exact) mass is 375 g/mol. The van der Waals surface area contributed by atoms with Crippen molar-refractivity contribution in [2.24, 2.45) is 5.92 Å². The zero-order chi connectivity index (χ0) is 19.5. The van der Waals surface area contributed by atoms with E-state index in [2.05, 4.69) is 25.3 Å². The number of ether oxygens (including phenoxy) is 1. The summed E-state index contributed by atoms with van der Waals surface area (Å²) >= 11 is 0. The Labute approximate surface area is 165 Å². The van der Waals surface area contributed by atoms with Crippen LogP contribution in [-0.4, -0.2) is 26.9 Å². The van der Waals surface area contributed by atoms with Gasteiger partial charge in [0.2, 0.25) is 0 Å². The number of likely N-dealkylation sites (tertiary alicyclic amines) is 1. The molecule has 4 rings (SSSR count). The highest BCUT2D eigenvalue weighted by Gasteiger charge is 2.36. The van der Waals surface area contributed by atoms with Gasteiger partial charge in [-0.3, -0.25) is 4.90 Å². The molecular formula is C23H25N3O2. The first-order valence-corrected chi connectivity index (χ1v) is 9.72. The van der Waals surface area contributed by atoms with Gasteiger partial charge in [-0.1, -0.05) is 49.4 Å². The number of rotatable bonds is 4. The van der Waals surface area contributed by atoms with E-state index in [1.807, 2.05) is 64.9 Å². The number of benzene rings is 1. The van der Waals surface area contributed by atoms with E-state index in [4.69, 9.17) is 9.72 Å². The fourth-order valence-corrected chi connectivity index (χ4v) is 3.81. The lowest BCUT2D eigenvalue weighted by Gasteiger charge is -2.22. The Hall–Kier alpha value is -3.08. The maximum atomic E-state index is 12.8. The number of pyridine rings is 1. The summed E-state index contributed by atoms with van der Waals surface area (Å²) in [5.74, 6) is 0.415. The molecular weight excluding hydrogens is 350 g/mol. The molecule has 2 aromatic heterocycles. The molecule has 1 aliphatic rings. The molecule has 0 N–H and O–H groups in total. The van der Waals surface area contributed by atoms with Gasteiger partial charge >= 0.3 is 6.09 Å². The van der Waals surface area contributed by atoms with Gasteiger partial charge in [0.25, 0.3) is 0 Å². The quantitative estimate of drug-likeness (QED) is 0.638. The van der Waals surface area contributed by atoms with Crippen molar-refractivity contribution in [3.63, 3.8) is 0 Å². The number of fused-ring (bicyclic) bond motifs is 1. The Kier molecular flexibility index (Phi) is 5.15. The Balaban J connectivity index is 1.53. The van der Waals surface area contributed by atoms with E-state index >= 15 is 0 Å². The van der Waals surface area contributed by atoms with E-state index in [0.29, 0.717) is 12.5 Å². The Morgan fingerprint density at radius 1 is 1.21 bits per heavy atom. The fraction of sp³-hybridized carbons (Fsp3) is 0.304. The Morgan fingerprint density at radius 2 is 2.04 bits per heavy atom. The van der Waals surface area contributed by atoms with E-state index in [1.165, 1.54) is 0 Å². The van der Waals surface area contributed by atoms with Crippen LogP contribution in [0.2, 0.25) is 0 Å². The summed E-state index contributed by atoms with van der Waals surface area (Å²) in [5, 5.41) is 0. The molecule has 0 aliphatic carbocycles. The average molecular weight is 375 g/mol. The number of hydrogen-bond donors (Lipinski definition) is 0. The van der Waals surface area contributed by atoms with Gasteiger partial charge in [0.15, 0.2) is 0 Å². The van der Waals surface area contributed by atoms with Crippen molar-refractivity contribution < 1.29 is 9.53 Å². The second-order valence-corrected chi connectivity index (χ2v) is 7.44. The van der Waals surface area contributed by atoms with Crippen molar-refractivity contribution in [1.29, 1.82) is 0 Å². The van der Waals surface area contributed by atoms with Crippen LogP contribution in [-0.2, 0) is 11.3 Å². The molecule has 0 bridgehead atoms. The first kappa shape index (κ1) is 18.3. The minimum Gasteiger partial charge on any atom is -0.445 e. The van der Waals surface area contributed by atoms with Crippen LogP contribution >= 0.6 is 0 Å². The fourth-order valence-electron chi connectivity index (χ4n) is 3.81. The van der Waals surface area contributed by atoms with Crippen LogP contribution in [0.5, 0.6) is 0 Å². The van der Waals surface area contributed by atoms with Gasteiger partial charge in [0, 0.05) is 18.9 Å². The van der Waals surface area contributed by atoms with E-state index in [0.717, 1.165) is 28.9 Å². The van der Waals surface area contributed by atoms with Gasteiger partial charge in [-0.15, -0.1) is 0 Å². The predicted molar refractivity (Wildman–Crippen MR) is 110 cm³/mol. The highest BCUT2D eigenvalue weighted by molar-refractivity contribution is 5.69. The lowest BCUT2D eigenvalue weighted by molar-refractivity contribution is 0.0909. The maximum absolute atomic E-state index is 12.8. The molecule has 3 heterocycles. The molecule has 144 valence electrons. The molecule has 1 amide bonds.